The fourth-order valence-electron chi connectivity index (χ4n) is 1.64. The molecule has 0 amide bonds. The molecule has 0 radical (unpaired) electrons. The highest BCUT2D eigenvalue weighted by Crippen LogP contribution is 2.25. The molecule has 1 aromatic carbocycles. The molecule has 0 unspecified atom stereocenters. The van der Waals surface area contributed by atoms with Gasteiger partial charge in [-0.2, -0.15) is 0 Å². The molecule has 3 N–H and O–H groups in total. The number of hydrogen-bond acceptors (Lipinski definition) is 4. The van der Waals surface area contributed by atoms with Crippen molar-refractivity contribution in [3.63, 3.8) is 0 Å². The van der Waals surface area contributed by atoms with E-state index in [-0.39, 0.29) is 5.75 Å². The number of benzene rings is 1. The fourth-order valence-corrected chi connectivity index (χ4v) is 1.64. The maximum atomic E-state index is 9.55. The minimum atomic E-state index is 0.128. The number of phenols is 1. The molecule has 5 heteroatoms. The number of hydrogen-bond donors (Lipinski definition) is 2. The summed E-state index contributed by atoms with van der Waals surface area (Å²) in [6, 6.07) is 6.85. The van der Waals surface area contributed by atoms with E-state index in [1.807, 2.05) is 11.5 Å². The highest BCUT2D eigenvalue weighted by atomic mass is 16.5. The molecule has 0 aliphatic carbocycles. The van der Waals surface area contributed by atoms with Crippen molar-refractivity contribution in [1.82, 2.24) is 9.55 Å². The van der Waals surface area contributed by atoms with Gasteiger partial charge in [-0.25, -0.2) is 4.98 Å². The van der Waals surface area contributed by atoms with E-state index in [1.54, 1.807) is 30.5 Å². The Labute approximate surface area is 99.5 Å². The summed E-state index contributed by atoms with van der Waals surface area (Å²) in [5.74, 6) is 1.06. The Balaban J connectivity index is 2.10. The van der Waals surface area contributed by atoms with Crippen molar-refractivity contribution in [3.05, 3.63) is 36.2 Å². The summed E-state index contributed by atoms with van der Waals surface area (Å²) in [5.41, 5.74) is 6.58. The average Bonchev–Trinajstić information content (AvgIpc) is 2.69. The van der Waals surface area contributed by atoms with Gasteiger partial charge in [0.25, 0.3) is 0 Å². The summed E-state index contributed by atoms with van der Waals surface area (Å²) in [6.45, 7) is 3.06. The third-order valence-corrected chi connectivity index (χ3v) is 2.53. The van der Waals surface area contributed by atoms with E-state index < -0.39 is 0 Å². The number of aromatic hydroxyl groups is 1. The smallest absolute Gasteiger partial charge is 0.200 e. The first-order valence-electron chi connectivity index (χ1n) is 5.43. The SMILES string of the molecule is CCn1c(COc2ccccc2O)cnc1N. The molecule has 0 aliphatic heterocycles. The van der Waals surface area contributed by atoms with Gasteiger partial charge in [-0.3, -0.25) is 0 Å². The Bertz CT molecular complexity index is 508. The molecule has 0 saturated heterocycles. The zero-order chi connectivity index (χ0) is 12.3. The van der Waals surface area contributed by atoms with Gasteiger partial charge in [-0.15, -0.1) is 0 Å². The first-order chi connectivity index (χ1) is 8.22. The van der Waals surface area contributed by atoms with Gasteiger partial charge >= 0.3 is 0 Å². The van der Waals surface area contributed by atoms with E-state index in [9.17, 15) is 5.11 Å². The third kappa shape index (κ3) is 2.33. The first kappa shape index (κ1) is 11.3. The predicted octanol–water partition coefficient (Wildman–Crippen LogP) is 1.77. The number of phenolic OH excluding ortho intramolecular Hbond substituents is 1. The molecule has 2 aromatic rings. The topological polar surface area (TPSA) is 73.3 Å². The van der Waals surface area contributed by atoms with Crippen LogP contribution in [0.1, 0.15) is 12.6 Å². The van der Waals surface area contributed by atoms with Gasteiger partial charge in [-0.1, -0.05) is 12.1 Å². The van der Waals surface area contributed by atoms with Crippen LogP contribution in [0.2, 0.25) is 0 Å². The quantitative estimate of drug-likeness (QED) is 0.844. The average molecular weight is 233 g/mol. The number of nitrogen functional groups attached to an aromatic ring is 1. The lowest BCUT2D eigenvalue weighted by molar-refractivity contribution is 0.280. The number of para-hydroxylation sites is 2. The lowest BCUT2D eigenvalue weighted by atomic mass is 10.3. The van der Waals surface area contributed by atoms with Gasteiger partial charge in [0, 0.05) is 6.54 Å². The highest BCUT2D eigenvalue weighted by molar-refractivity contribution is 5.38. The molecule has 17 heavy (non-hydrogen) atoms. The van der Waals surface area contributed by atoms with E-state index >= 15 is 0 Å². The number of anilines is 1. The molecular formula is C12H15N3O2. The van der Waals surface area contributed by atoms with Gasteiger partial charge in [0.1, 0.15) is 6.61 Å². The second kappa shape index (κ2) is 4.78. The zero-order valence-electron chi connectivity index (χ0n) is 9.63. The lowest BCUT2D eigenvalue weighted by Gasteiger charge is -2.09. The monoisotopic (exact) mass is 233 g/mol. The molecule has 0 atom stereocenters. The van der Waals surface area contributed by atoms with Gasteiger partial charge in [0.2, 0.25) is 0 Å². The minimum absolute atomic E-state index is 0.128. The number of aromatic nitrogens is 2. The standard InChI is InChI=1S/C12H15N3O2/c1-2-15-9(7-14-12(15)13)8-17-11-6-4-3-5-10(11)16/h3-7,16H,2,8H2,1H3,(H2,13,14). The van der Waals surface area contributed by atoms with Crippen LogP contribution in [0, 0.1) is 0 Å². The summed E-state index contributed by atoms with van der Waals surface area (Å²) in [5, 5.41) is 9.55. The van der Waals surface area contributed by atoms with Crippen LogP contribution in [0.25, 0.3) is 0 Å². The largest absolute Gasteiger partial charge is 0.504 e. The first-order valence-corrected chi connectivity index (χ1v) is 5.43. The van der Waals surface area contributed by atoms with Crippen molar-refractivity contribution in [1.29, 1.82) is 0 Å². The van der Waals surface area contributed by atoms with Crippen LogP contribution in [-0.2, 0) is 13.2 Å². The van der Waals surface area contributed by atoms with Crippen LogP contribution in [0.15, 0.2) is 30.5 Å². The van der Waals surface area contributed by atoms with Crippen molar-refractivity contribution in [2.75, 3.05) is 5.73 Å². The molecule has 0 fully saturated rings. The fraction of sp³-hybridized carbons (Fsp3) is 0.250. The Kier molecular flexibility index (Phi) is 3.18. The number of ether oxygens (including phenoxy) is 1. The zero-order valence-corrected chi connectivity index (χ0v) is 9.63. The number of nitrogens with two attached hydrogens (primary N) is 1. The third-order valence-electron chi connectivity index (χ3n) is 2.53. The summed E-state index contributed by atoms with van der Waals surface area (Å²) in [4.78, 5) is 4.02. The minimum Gasteiger partial charge on any atom is -0.504 e. The van der Waals surface area contributed by atoms with Crippen LogP contribution in [0.4, 0.5) is 5.95 Å². The van der Waals surface area contributed by atoms with Crippen LogP contribution < -0.4 is 10.5 Å². The summed E-state index contributed by atoms with van der Waals surface area (Å²) < 4.78 is 7.37. The van der Waals surface area contributed by atoms with Crippen LogP contribution in [0.5, 0.6) is 11.5 Å². The molecule has 2 rings (SSSR count). The number of rotatable bonds is 4. The molecule has 90 valence electrons. The molecular weight excluding hydrogens is 218 g/mol. The van der Waals surface area contributed by atoms with Crippen LogP contribution >= 0.6 is 0 Å². The second-order valence-electron chi connectivity index (χ2n) is 3.61. The number of imidazole rings is 1. The van der Waals surface area contributed by atoms with E-state index in [0.29, 0.717) is 18.3 Å². The maximum Gasteiger partial charge on any atom is 0.200 e. The van der Waals surface area contributed by atoms with Crippen LogP contribution in [-0.4, -0.2) is 14.7 Å². The molecule has 1 heterocycles. The maximum absolute atomic E-state index is 9.55. The van der Waals surface area contributed by atoms with E-state index in [2.05, 4.69) is 4.98 Å². The molecule has 1 aromatic heterocycles. The van der Waals surface area contributed by atoms with Crippen molar-refractivity contribution in [2.45, 2.75) is 20.1 Å². The normalized spacial score (nSPS) is 10.4. The summed E-state index contributed by atoms with van der Waals surface area (Å²) in [6.07, 6.45) is 1.68. The van der Waals surface area contributed by atoms with E-state index in [1.165, 1.54) is 0 Å². The Hall–Kier alpha value is -2.17. The Morgan fingerprint density at radius 1 is 1.41 bits per heavy atom. The lowest BCUT2D eigenvalue weighted by Crippen LogP contribution is -2.07. The van der Waals surface area contributed by atoms with E-state index in [0.717, 1.165) is 12.2 Å². The van der Waals surface area contributed by atoms with Gasteiger partial charge in [-0.05, 0) is 19.1 Å². The molecule has 5 nitrogen and oxygen atoms in total. The van der Waals surface area contributed by atoms with Crippen molar-refractivity contribution in [3.8, 4) is 11.5 Å². The number of nitrogens with zero attached hydrogens (tertiary/aromatic N) is 2. The molecule has 0 spiro atoms. The Morgan fingerprint density at radius 2 is 2.18 bits per heavy atom. The molecule has 0 bridgehead atoms. The summed E-state index contributed by atoms with van der Waals surface area (Å²) in [7, 11) is 0. The molecule has 0 saturated carbocycles. The predicted molar refractivity (Wildman–Crippen MR) is 64.8 cm³/mol. The Morgan fingerprint density at radius 3 is 2.88 bits per heavy atom. The van der Waals surface area contributed by atoms with Gasteiger partial charge in [0.15, 0.2) is 17.4 Å². The van der Waals surface area contributed by atoms with Crippen molar-refractivity contribution >= 4 is 5.95 Å². The van der Waals surface area contributed by atoms with Crippen molar-refractivity contribution in [2.24, 2.45) is 0 Å². The summed E-state index contributed by atoms with van der Waals surface area (Å²) >= 11 is 0. The highest BCUT2D eigenvalue weighted by Gasteiger charge is 2.07. The second-order valence-corrected chi connectivity index (χ2v) is 3.61. The van der Waals surface area contributed by atoms with Gasteiger partial charge < -0.3 is 20.1 Å². The van der Waals surface area contributed by atoms with Gasteiger partial charge in [0.05, 0.1) is 11.9 Å². The van der Waals surface area contributed by atoms with Crippen LogP contribution in [0.3, 0.4) is 0 Å². The molecule has 0 aliphatic rings. The van der Waals surface area contributed by atoms with E-state index in [4.69, 9.17) is 10.5 Å². The van der Waals surface area contributed by atoms with Crippen molar-refractivity contribution < 1.29 is 9.84 Å².